The van der Waals surface area contributed by atoms with E-state index in [2.05, 4.69) is 24.8 Å². The number of aromatic nitrogens is 4. The van der Waals surface area contributed by atoms with Gasteiger partial charge in [0.2, 0.25) is 0 Å². The molecule has 2 aromatic rings. The molecule has 0 bridgehead atoms. The van der Waals surface area contributed by atoms with Gasteiger partial charge in [-0.2, -0.15) is 0 Å². The Kier molecular flexibility index (Phi) is 6.01. The van der Waals surface area contributed by atoms with E-state index in [1.165, 1.54) is 6.33 Å². The molecule has 0 radical (unpaired) electrons. The maximum atomic E-state index is 10.8. The zero-order valence-corrected chi connectivity index (χ0v) is 16.9. The molecular formula is C18H27N7O4. The molecule has 2 aliphatic heterocycles. The van der Waals surface area contributed by atoms with Gasteiger partial charge < -0.3 is 24.2 Å². The van der Waals surface area contributed by atoms with Gasteiger partial charge in [-0.1, -0.05) is 0 Å². The number of aliphatic imine (C=N–C) groups is 1. The molecule has 2 saturated heterocycles. The van der Waals surface area contributed by atoms with Crippen LogP contribution in [0.4, 0.5) is 5.82 Å². The number of imidazole rings is 1. The van der Waals surface area contributed by atoms with E-state index in [0.29, 0.717) is 36.7 Å². The molecule has 0 aliphatic carbocycles. The number of fused-ring (bicyclic) bond motifs is 1. The first-order valence-corrected chi connectivity index (χ1v) is 9.63. The number of aliphatic hydroxyl groups excluding tert-OH is 1. The lowest BCUT2D eigenvalue weighted by atomic mass is 10.1. The van der Waals surface area contributed by atoms with Gasteiger partial charge in [0.1, 0.15) is 24.6 Å². The van der Waals surface area contributed by atoms with Crippen molar-refractivity contribution in [1.29, 1.82) is 0 Å². The lowest BCUT2D eigenvalue weighted by Crippen LogP contribution is -2.44. The molecule has 4 rings (SSSR count). The first kappa shape index (κ1) is 20.1. The second-order valence-corrected chi connectivity index (χ2v) is 7.40. The third-order valence-corrected chi connectivity index (χ3v) is 5.15. The number of morpholine rings is 1. The van der Waals surface area contributed by atoms with Crippen LogP contribution in [0.5, 0.6) is 0 Å². The SMILES string of the molecule is COC1C(O)[C@@H](CN2CCOCC2)O[C@H]1n1cnc2c(/N=C/N(C)C)ncnc21. The number of methoxy groups -OCH3 is 1. The molecule has 2 aromatic heterocycles. The zero-order valence-electron chi connectivity index (χ0n) is 16.9. The number of ether oxygens (including phenoxy) is 3. The molecule has 2 aliphatic rings. The smallest absolute Gasteiger partial charge is 0.184 e. The van der Waals surface area contributed by atoms with Crippen LogP contribution in [0.15, 0.2) is 17.6 Å². The molecule has 2 unspecified atom stereocenters. The summed E-state index contributed by atoms with van der Waals surface area (Å²) in [6.07, 6.45) is 2.50. The van der Waals surface area contributed by atoms with Crippen molar-refractivity contribution in [3.05, 3.63) is 12.7 Å². The lowest BCUT2D eigenvalue weighted by molar-refractivity contribution is -0.0603. The number of hydrogen-bond donors (Lipinski definition) is 1. The highest BCUT2D eigenvalue weighted by molar-refractivity contribution is 5.82. The number of rotatable bonds is 6. The van der Waals surface area contributed by atoms with Crippen LogP contribution < -0.4 is 0 Å². The molecule has 0 spiro atoms. The summed E-state index contributed by atoms with van der Waals surface area (Å²) in [4.78, 5) is 21.4. The monoisotopic (exact) mass is 405 g/mol. The summed E-state index contributed by atoms with van der Waals surface area (Å²) in [6, 6.07) is 0. The Bertz CT molecular complexity index is 852. The van der Waals surface area contributed by atoms with E-state index in [1.54, 1.807) is 24.3 Å². The van der Waals surface area contributed by atoms with E-state index < -0.39 is 18.4 Å². The summed E-state index contributed by atoms with van der Waals surface area (Å²) >= 11 is 0. The van der Waals surface area contributed by atoms with E-state index >= 15 is 0 Å². The van der Waals surface area contributed by atoms with E-state index in [4.69, 9.17) is 14.2 Å². The van der Waals surface area contributed by atoms with Crippen LogP contribution in [0.3, 0.4) is 0 Å². The van der Waals surface area contributed by atoms with Gasteiger partial charge in [0, 0.05) is 40.8 Å². The van der Waals surface area contributed by atoms with E-state index in [0.717, 1.165) is 13.1 Å². The fourth-order valence-electron chi connectivity index (χ4n) is 3.68. The molecule has 0 saturated carbocycles. The Morgan fingerprint density at radius 3 is 2.83 bits per heavy atom. The van der Waals surface area contributed by atoms with Crippen molar-refractivity contribution >= 4 is 23.3 Å². The van der Waals surface area contributed by atoms with E-state index in [1.807, 2.05) is 19.0 Å². The Balaban J connectivity index is 1.59. The minimum Gasteiger partial charge on any atom is -0.387 e. The standard InChI is InChI=1S/C18H27N7O4/c1-23(2)10-22-16-13-17(20-9-19-16)25(11-21-13)18-15(27-3)14(26)12(29-18)8-24-4-6-28-7-5-24/h9-12,14-15,18,26H,4-8H2,1-3H3/b22-10+/t12-,14?,15?,18-/m1/s1. The van der Waals surface area contributed by atoms with Gasteiger partial charge in [-0.15, -0.1) is 0 Å². The van der Waals surface area contributed by atoms with Crippen molar-refractivity contribution in [3.8, 4) is 0 Å². The lowest BCUT2D eigenvalue weighted by Gasteiger charge is -2.29. The van der Waals surface area contributed by atoms with E-state index in [9.17, 15) is 5.11 Å². The maximum absolute atomic E-state index is 10.8. The van der Waals surface area contributed by atoms with Gasteiger partial charge in [-0.3, -0.25) is 9.47 Å². The van der Waals surface area contributed by atoms with Crippen molar-refractivity contribution in [2.75, 3.05) is 54.1 Å². The molecule has 0 amide bonds. The molecule has 1 N–H and O–H groups in total. The topological polar surface area (TPSA) is 110 Å². The minimum absolute atomic E-state index is 0.381. The summed E-state index contributed by atoms with van der Waals surface area (Å²) < 4.78 is 19.0. The quantitative estimate of drug-likeness (QED) is 0.509. The average Bonchev–Trinajstić information content (AvgIpc) is 3.28. The maximum Gasteiger partial charge on any atom is 0.184 e. The van der Waals surface area contributed by atoms with Crippen LogP contribution in [0.25, 0.3) is 11.2 Å². The fourth-order valence-corrected chi connectivity index (χ4v) is 3.68. The summed E-state index contributed by atoms with van der Waals surface area (Å²) in [7, 11) is 5.33. The predicted molar refractivity (Wildman–Crippen MR) is 105 cm³/mol. The highest BCUT2D eigenvalue weighted by Crippen LogP contribution is 2.34. The van der Waals surface area contributed by atoms with Gasteiger partial charge in [0.05, 0.1) is 25.9 Å². The van der Waals surface area contributed by atoms with Crippen molar-refractivity contribution in [3.63, 3.8) is 0 Å². The Labute approximate surface area is 168 Å². The van der Waals surface area contributed by atoms with Crippen molar-refractivity contribution < 1.29 is 19.3 Å². The molecular weight excluding hydrogens is 378 g/mol. The summed E-state index contributed by atoms with van der Waals surface area (Å²) in [6.45, 7) is 3.64. The van der Waals surface area contributed by atoms with Gasteiger partial charge in [-0.05, 0) is 0 Å². The van der Waals surface area contributed by atoms with E-state index in [-0.39, 0.29) is 6.10 Å². The Morgan fingerprint density at radius 2 is 2.10 bits per heavy atom. The van der Waals surface area contributed by atoms with Crippen molar-refractivity contribution in [2.24, 2.45) is 4.99 Å². The van der Waals surface area contributed by atoms with Crippen LogP contribution in [-0.2, 0) is 14.2 Å². The highest BCUT2D eigenvalue weighted by Gasteiger charge is 2.46. The Hall–Kier alpha value is -2.18. The van der Waals surface area contributed by atoms with Gasteiger partial charge in [0.15, 0.2) is 23.2 Å². The van der Waals surface area contributed by atoms with Crippen LogP contribution in [0.2, 0.25) is 0 Å². The van der Waals surface area contributed by atoms with Crippen molar-refractivity contribution in [1.82, 2.24) is 29.3 Å². The summed E-state index contributed by atoms with van der Waals surface area (Å²) in [5.41, 5.74) is 1.15. The third kappa shape index (κ3) is 4.09. The molecule has 11 heteroatoms. The fraction of sp³-hybridized carbons (Fsp3) is 0.667. The van der Waals surface area contributed by atoms with Crippen molar-refractivity contribution in [2.45, 2.75) is 24.5 Å². The summed E-state index contributed by atoms with van der Waals surface area (Å²) in [5, 5.41) is 10.8. The Morgan fingerprint density at radius 1 is 1.31 bits per heavy atom. The highest BCUT2D eigenvalue weighted by atomic mass is 16.6. The minimum atomic E-state index is -0.765. The van der Waals surface area contributed by atoms with Crippen LogP contribution in [-0.4, -0.2) is 113 Å². The molecule has 158 valence electrons. The average molecular weight is 405 g/mol. The first-order valence-electron chi connectivity index (χ1n) is 9.63. The second kappa shape index (κ2) is 8.67. The van der Waals surface area contributed by atoms with Crippen LogP contribution in [0.1, 0.15) is 6.23 Å². The molecule has 0 aromatic carbocycles. The van der Waals surface area contributed by atoms with Gasteiger partial charge in [-0.25, -0.2) is 19.9 Å². The number of aliphatic hydroxyl groups is 1. The first-order chi connectivity index (χ1) is 14.1. The number of hydrogen-bond acceptors (Lipinski definition) is 9. The molecule has 11 nitrogen and oxygen atoms in total. The molecule has 2 fully saturated rings. The zero-order chi connectivity index (χ0) is 20.4. The van der Waals surface area contributed by atoms with Gasteiger partial charge >= 0.3 is 0 Å². The summed E-state index contributed by atoms with van der Waals surface area (Å²) in [5.74, 6) is 0.472. The van der Waals surface area contributed by atoms with Crippen LogP contribution >= 0.6 is 0 Å². The normalized spacial score (nSPS) is 28.6. The molecule has 4 atom stereocenters. The largest absolute Gasteiger partial charge is 0.387 e. The number of nitrogens with zero attached hydrogens (tertiary/aromatic N) is 7. The van der Waals surface area contributed by atoms with Gasteiger partial charge in [0.25, 0.3) is 0 Å². The molecule has 4 heterocycles. The second-order valence-electron chi connectivity index (χ2n) is 7.40. The van der Waals surface area contributed by atoms with Crippen LogP contribution in [0, 0.1) is 0 Å². The molecule has 29 heavy (non-hydrogen) atoms. The third-order valence-electron chi connectivity index (χ3n) is 5.15. The predicted octanol–water partition coefficient (Wildman–Crippen LogP) is -0.347.